The summed E-state index contributed by atoms with van der Waals surface area (Å²) in [6, 6.07) is 8.42. The van der Waals surface area contributed by atoms with Gasteiger partial charge in [-0.15, -0.1) is 0 Å². The van der Waals surface area contributed by atoms with Gasteiger partial charge in [-0.1, -0.05) is 23.7 Å². The molecule has 2 aromatic rings. The molecule has 5 nitrogen and oxygen atoms in total. The van der Waals surface area contributed by atoms with Crippen LogP contribution in [0.15, 0.2) is 42.7 Å². The summed E-state index contributed by atoms with van der Waals surface area (Å²) < 4.78 is 0. The van der Waals surface area contributed by atoms with Crippen LogP contribution in [0.4, 0.5) is 5.69 Å². The summed E-state index contributed by atoms with van der Waals surface area (Å²) in [4.78, 5) is 15.9. The van der Waals surface area contributed by atoms with Crippen LogP contribution < -0.4 is 10.6 Å². The molecule has 3 N–H and O–H groups in total. The predicted molar refractivity (Wildman–Crippen MR) is 86.9 cm³/mol. The van der Waals surface area contributed by atoms with E-state index in [2.05, 4.69) is 15.6 Å². The van der Waals surface area contributed by atoms with E-state index < -0.39 is 12.0 Å². The van der Waals surface area contributed by atoms with E-state index in [1.54, 1.807) is 36.7 Å². The molecule has 6 heteroatoms. The average molecular weight is 320 g/mol. The van der Waals surface area contributed by atoms with E-state index in [0.717, 1.165) is 11.3 Å². The standard InChI is InChI=1S/C16H18ClN3O2/c1-11-10-18-7-6-14(11)19-8-9-20-16(22)15(21)12-2-4-13(17)5-3-12/h2-7,10,15,21H,8-9H2,1H3,(H,18,19)(H,20,22). The first-order chi connectivity index (χ1) is 10.6. The summed E-state index contributed by atoms with van der Waals surface area (Å²) in [5.74, 6) is -0.435. The molecule has 0 saturated carbocycles. The van der Waals surface area contributed by atoms with Crippen molar-refractivity contribution in [2.75, 3.05) is 18.4 Å². The number of amides is 1. The minimum Gasteiger partial charge on any atom is -0.383 e. The Balaban J connectivity index is 1.78. The number of nitrogens with zero attached hydrogens (tertiary/aromatic N) is 1. The van der Waals surface area contributed by atoms with Crippen LogP contribution >= 0.6 is 11.6 Å². The van der Waals surface area contributed by atoms with Crippen LogP contribution in [0.25, 0.3) is 0 Å². The number of anilines is 1. The van der Waals surface area contributed by atoms with Gasteiger partial charge in [-0.3, -0.25) is 9.78 Å². The zero-order valence-electron chi connectivity index (χ0n) is 12.2. The summed E-state index contributed by atoms with van der Waals surface area (Å²) in [5, 5.41) is 16.4. The maximum Gasteiger partial charge on any atom is 0.253 e. The first-order valence-electron chi connectivity index (χ1n) is 6.93. The highest BCUT2D eigenvalue weighted by Crippen LogP contribution is 2.16. The molecule has 0 saturated heterocycles. The van der Waals surface area contributed by atoms with Crippen molar-refractivity contribution in [3.8, 4) is 0 Å². The topological polar surface area (TPSA) is 74.2 Å². The van der Waals surface area contributed by atoms with Crippen LogP contribution in [0.3, 0.4) is 0 Å². The molecule has 1 atom stereocenters. The molecule has 1 aromatic heterocycles. The molecule has 0 spiro atoms. The smallest absolute Gasteiger partial charge is 0.253 e. The van der Waals surface area contributed by atoms with Crippen LogP contribution in [-0.4, -0.2) is 29.1 Å². The second-order valence-corrected chi connectivity index (χ2v) is 5.30. The summed E-state index contributed by atoms with van der Waals surface area (Å²) >= 11 is 5.77. The Morgan fingerprint density at radius 2 is 2.00 bits per heavy atom. The number of halogens is 1. The zero-order chi connectivity index (χ0) is 15.9. The Morgan fingerprint density at radius 3 is 2.68 bits per heavy atom. The van der Waals surface area contributed by atoms with Gasteiger partial charge in [0.2, 0.25) is 0 Å². The minimum absolute atomic E-state index is 0.408. The lowest BCUT2D eigenvalue weighted by atomic mass is 10.1. The maximum absolute atomic E-state index is 11.9. The largest absolute Gasteiger partial charge is 0.383 e. The number of aliphatic hydroxyl groups is 1. The molecular weight excluding hydrogens is 302 g/mol. The van der Waals surface area contributed by atoms with E-state index in [1.807, 2.05) is 13.0 Å². The molecule has 0 aliphatic rings. The Hall–Kier alpha value is -2.11. The summed E-state index contributed by atoms with van der Waals surface area (Å²) in [5.41, 5.74) is 2.53. The number of benzene rings is 1. The first kappa shape index (κ1) is 16.3. The Kier molecular flexibility index (Phi) is 5.75. The van der Waals surface area contributed by atoms with E-state index in [9.17, 15) is 9.90 Å². The van der Waals surface area contributed by atoms with E-state index in [1.165, 1.54) is 0 Å². The van der Waals surface area contributed by atoms with Gasteiger partial charge in [0.25, 0.3) is 5.91 Å². The third-order valence-corrected chi connectivity index (χ3v) is 3.45. The van der Waals surface area contributed by atoms with Gasteiger partial charge in [0.05, 0.1) is 0 Å². The Morgan fingerprint density at radius 1 is 1.27 bits per heavy atom. The SMILES string of the molecule is Cc1cnccc1NCCNC(=O)C(O)c1ccc(Cl)cc1. The second kappa shape index (κ2) is 7.77. The van der Waals surface area contributed by atoms with Gasteiger partial charge in [0.1, 0.15) is 0 Å². The molecule has 1 amide bonds. The molecule has 1 aromatic carbocycles. The number of carbonyl (C=O) groups is 1. The highest BCUT2D eigenvalue weighted by molar-refractivity contribution is 6.30. The summed E-state index contributed by atoms with van der Waals surface area (Å²) in [6.07, 6.45) is 2.28. The van der Waals surface area contributed by atoms with Gasteiger partial charge in [-0.25, -0.2) is 0 Å². The predicted octanol–water partition coefficient (Wildman–Crippen LogP) is 2.31. The number of nitrogens with one attached hydrogen (secondary N) is 2. The van der Waals surface area contributed by atoms with Crippen molar-refractivity contribution in [2.24, 2.45) is 0 Å². The Bertz CT molecular complexity index is 632. The van der Waals surface area contributed by atoms with E-state index in [-0.39, 0.29) is 0 Å². The van der Waals surface area contributed by atoms with Gasteiger partial charge >= 0.3 is 0 Å². The number of rotatable bonds is 6. The molecule has 22 heavy (non-hydrogen) atoms. The van der Waals surface area contributed by atoms with E-state index in [4.69, 9.17) is 11.6 Å². The molecule has 116 valence electrons. The van der Waals surface area contributed by atoms with Crippen molar-refractivity contribution < 1.29 is 9.90 Å². The van der Waals surface area contributed by atoms with Gasteiger partial charge in [0, 0.05) is 36.2 Å². The lowest BCUT2D eigenvalue weighted by molar-refractivity contribution is -0.129. The van der Waals surface area contributed by atoms with Crippen molar-refractivity contribution in [3.05, 3.63) is 58.9 Å². The third kappa shape index (κ3) is 4.44. The zero-order valence-corrected chi connectivity index (χ0v) is 13.0. The number of carbonyl (C=O) groups excluding carboxylic acids is 1. The molecule has 0 fully saturated rings. The maximum atomic E-state index is 11.9. The quantitative estimate of drug-likeness (QED) is 0.714. The fraction of sp³-hybridized carbons (Fsp3) is 0.250. The van der Waals surface area contributed by atoms with Gasteiger partial charge < -0.3 is 15.7 Å². The second-order valence-electron chi connectivity index (χ2n) is 4.86. The van der Waals surface area contributed by atoms with Crippen molar-refractivity contribution in [1.29, 1.82) is 0 Å². The number of pyridine rings is 1. The monoisotopic (exact) mass is 319 g/mol. The fourth-order valence-electron chi connectivity index (χ4n) is 1.95. The summed E-state index contributed by atoms with van der Waals surface area (Å²) in [6.45, 7) is 2.92. The highest BCUT2D eigenvalue weighted by atomic mass is 35.5. The van der Waals surface area contributed by atoms with Crippen LogP contribution in [0.5, 0.6) is 0 Å². The third-order valence-electron chi connectivity index (χ3n) is 3.19. The molecule has 1 heterocycles. The normalized spacial score (nSPS) is 11.8. The van der Waals surface area contributed by atoms with Gasteiger partial charge in [-0.2, -0.15) is 0 Å². The first-order valence-corrected chi connectivity index (χ1v) is 7.31. The van der Waals surface area contributed by atoms with E-state index in [0.29, 0.717) is 23.7 Å². The molecule has 0 aliphatic heterocycles. The molecule has 2 rings (SSSR count). The van der Waals surface area contributed by atoms with Crippen molar-refractivity contribution >= 4 is 23.2 Å². The number of aliphatic hydroxyl groups excluding tert-OH is 1. The Labute approximate surface area is 134 Å². The van der Waals surface area contributed by atoms with Gasteiger partial charge in [0.15, 0.2) is 6.10 Å². The number of hydrogen-bond acceptors (Lipinski definition) is 4. The highest BCUT2D eigenvalue weighted by Gasteiger charge is 2.16. The van der Waals surface area contributed by atoms with Crippen molar-refractivity contribution in [1.82, 2.24) is 10.3 Å². The number of hydrogen-bond donors (Lipinski definition) is 3. The molecule has 0 radical (unpaired) electrons. The lowest BCUT2D eigenvalue weighted by Crippen LogP contribution is -2.33. The van der Waals surface area contributed by atoms with Crippen molar-refractivity contribution in [3.63, 3.8) is 0 Å². The fourth-order valence-corrected chi connectivity index (χ4v) is 2.07. The number of aromatic nitrogens is 1. The molecule has 0 bridgehead atoms. The van der Waals surface area contributed by atoms with Crippen LogP contribution in [0, 0.1) is 6.92 Å². The molecule has 1 unspecified atom stereocenters. The minimum atomic E-state index is -1.19. The van der Waals surface area contributed by atoms with Crippen LogP contribution in [0.1, 0.15) is 17.2 Å². The number of aryl methyl sites for hydroxylation is 1. The molecule has 0 aliphatic carbocycles. The lowest BCUT2D eigenvalue weighted by Gasteiger charge is -2.13. The van der Waals surface area contributed by atoms with Crippen LogP contribution in [0.2, 0.25) is 5.02 Å². The van der Waals surface area contributed by atoms with Gasteiger partial charge in [-0.05, 0) is 36.2 Å². The average Bonchev–Trinajstić information content (AvgIpc) is 2.53. The van der Waals surface area contributed by atoms with E-state index >= 15 is 0 Å². The summed E-state index contributed by atoms with van der Waals surface area (Å²) in [7, 11) is 0. The van der Waals surface area contributed by atoms with Crippen molar-refractivity contribution in [2.45, 2.75) is 13.0 Å². The molecular formula is C16H18ClN3O2. The van der Waals surface area contributed by atoms with Crippen LogP contribution in [-0.2, 0) is 4.79 Å².